The lowest BCUT2D eigenvalue weighted by Crippen LogP contribution is -2.39. The van der Waals surface area contributed by atoms with Crippen LogP contribution in [0.1, 0.15) is 33.9 Å². The summed E-state index contributed by atoms with van der Waals surface area (Å²) in [6.45, 7) is 0. The van der Waals surface area contributed by atoms with Gasteiger partial charge in [0.2, 0.25) is 5.88 Å². The number of methoxy groups -OCH3 is 1. The first-order chi connectivity index (χ1) is 12.2. The van der Waals surface area contributed by atoms with Crippen molar-refractivity contribution in [3.63, 3.8) is 0 Å². The number of amides is 1. The number of hydrogen-bond acceptors (Lipinski definition) is 4. The van der Waals surface area contributed by atoms with Crippen LogP contribution >= 0.6 is 0 Å². The molecule has 3 aromatic rings. The van der Waals surface area contributed by atoms with Gasteiger partial charge in [-0.3, -0.25) is 4.79 Å². The van der Waals surface area contributed by atoms with E-state index in [1.807, 2.05) is 36.4 Å². The van der Waals surface area contributed by atoms with Crippen LogP contribution in [0.25, 0.3) is 5.52 Å². The maximum absolute atomic E-state index is 12.8. The third-order valence-electron chi connectivity index (χ3n) is 4.73. The fourth-order valence-electron chi connectivity index (χ4n) is 3.45. The molecule has 2 aromatic heterocycles. The van der Waals surface area contributed by atoms with E-state index in [9.17, 15) is 9.90 Å². The first-order valence-corrected chi connectivity index (χ1v) is 8.26. The Morgan fingerprint density at radius 2 is 2.12 bits per heavy atom. The highest BCUT2D eigenvalue weighted by molar-refractivity contribution is 6.01. The van der Waals surface area contributed by atoms with Crippen LogP contribution in [0.2, 0.25) is 0 Å². The van der Waals surface area contributed by atoms with Crippen molar-refractivity contribution >= 4 is 11.4 Å². The smallest absolute Gasteiger partial charge is 0.255 e. The molecule has 2 atom stereocenters. The summed E-state index contributed by atoms with van der Waals surface area (Å²) in [5.41, 5.74) is 3.26. The third-order valence-corrected chi connectivity index (χ3v) is 4.73. The van der Waals surface area contributed by atoms with Gasteiger partial charge in [0.25, 0.3) is 5.91 Å². The summed E-state index contributed by atoms with van der Waals surface area (Å²) in [6.07, 6.45) is 2.37. The molecule has 0 unspecified atom stereocenters. The molecule has 6 nitrogen and oxygen atoms in total. The van der Waals surface area contributed by atoms with Crippen LogP contribution in [0.15, 0.2) is 48.7 Å². The summed E-state index contributed by atoms with van der Waals surface area (Å²) in [4.78, 5) is 12.8. The molecule has 4 rings (SSSR count). The first kappa shape index (κ1) is 15.7. The van der Waals surface area contributed by atoms with Gasteiger partial charge >= 0.3 is 0 Å². The van der Waals surface area contributed by atoms with Crippen molar-refractivity contribution in [3.05, 3.63) is 65.4 Å². The van der Waals surface area contributed by atoms with Gasteiger partial charge in [-0.2, -0.15) is 5.10 Å². The van der Waals surface area contributed by atoms with E-state index in [2.05, 4.69) is 10.4 Å². The molecule has 0 spiro atoms. The Morgan fingerprint density at radius 1 is 1.28 bits per heavy atom. The molecule has 25 heavy (non-hydrogen) atoms. The largest absolute Gasteiger partial charge is 0.481 e. The molecule has 2 heterocycles. The van der Waals surface area contributed by atoms with Gasteiger partial charge in [0.15, 0.2) is 0 Å². The average Bonchev–Trinajstić information content (AvgIpc) is 3.08. The lowest BCUT2D eigenvalue weighted by Gasteiger charge is -2.30. The fourth-order valence-corrected chi connectivity index (χ4v) is 3.45. The molecular formula is C19H19N3O3. The van der Waals surface area contributed by atoms with E-state index in [1.165, 1.54) is 11.8 Å². The highest BCUT2D eigenvalue weighted by Crippen LogP contribution is 2.30. The minimum atomic E-state index is -0.602. The second kappa shape index (κ2) is 6.22. The number of aryl methyl sites for hydroxylation is 1. The Bertz CT molecular complexity index is 935. The topological polar surface area (TPSA) is 75.9 Å². The molecule has 0 bridgehead atoms. The summed E-state index contributed by atoms with van der Waals surface area (Å²) in [5.74, 6) is 0.295. The van der Waals surface area contributed by atoms with Crippen LogP contribution in [0.5, 0.6) is 5.88 Å². The second-order valence-corrected chi connectivity index (χ2v) is 6.18. The average molecular weight is 337 g/mol. The van der Waals surface area contributed by atoms with E-state index in [1.54, 1.807) is 17.7 Å². The maximum Gasteiger partial charge on any atom is 0.255 e. The number of rotatable bonds is 3. The Labute approximate surface area is 145 Å². The van der Waals surface area contributed by atoms with Gasteiger partial charge < -0.3 is 15.2 Å². The predicted octanol–water partition coefficient (Wildman–Crippen LogP) is 2.12. The first-order valence-electron chi connectivity index (χ1n) is 8.26. The number of aromatic nitrogens is 2. The maximum atomic E-state index is 12.8. The minimum absolute atomic E-state index is 0.260. The highest BCUT2D eigenvalue weighted by Gasteiger charge is 2.30. The Morgan fingerprint density at radius 3 is 2.96 bits per heavy atom. The number of carbonyl (C=O) groups excluding carboxylic acids is 1. The molecular weight excluding hydrogens is 318 g/mol. The zero-order valence-corrected chi connectivity index (χ0v) is 13.8. The number of hydrogen-bond donors (Lipinski definition) is 2. The summed E-state index contributed by atoms with van der Waals surface area (Å²) >= 11 is 0. The van der Waals surface area contributed by atoms with Gasteiger partial charge in [0.1, 0.15) is 0 Å². The molecule has 2 N–H and O–H groups in total. The number of ether oxygens (including phenoxy) is 1. The standard InChI is InChI=1S/C19H19N3O3/c1-25-17-8-4-7-15-14(11-20-22(15)17)19(24)21-18-13-6-3-2-5-12(13)9-10-16(18)23/h2-8,11,16,18,23H,9-10H2,1H3,(H,21,24)/t16-,18+/m1/s1. The summed E-state index contributed by atoms with van der Waals surface area (Å²) in [7, 11) is 1.56. The van der Waals surface area contributed by atoms with Crippen LogP contribution in [0, 0.1) is 0 Å². The third kappa shape index (κ3) is 2.64. The molecule has 1 amide bonds. The van der Waals surface area contributed by atoms with E-state index < -0.39 is 12.1 Å². The van der Waals surface area contributed by atoms with Gasteiger partial charge in [-0.1, -0.05) is 30.3 Å². The molecule has 1 aromatic carbocycles. The number of pyridine rings is 1. The Hall–Kier alpha value is -2.86. The van der Waals surface area contributed by atoms with Crippen molar-refractivity contribution in [1.82, 2.24) is 14.9 Å². The van der Waals surface area contributed by atoms with Crippen LogP contribution in [0.3, 0.4) is 0 Å². The van der Waals surface area contributed by atoms with E-state index in [4.69, 9.17) is 4.74 Å². The van der Waals surface area contributed by atoms with E-state index in [-0.39, 0.29) is 5.91 Å². The van der Waals surface area contributed by atoms with Crippen molar-refractivity contribution in [2.45, 2.75) is 25.0 Å². The van der Waals surface area contributed by atoms with Crippen molar-refractivity contribution in [3.8, 4) is 5.88 Å². The molecule has 0 radical (unpaired) electrons. The molecule has 0 saturated heterocycles. The summed E-state index contributed by atoms with van der Waals surface area (Å²) in [5, 5.41) is 17.6. The van der Waals surface area contributed by atoms with Crippen molar-refractivity contribution in [2.75, 3.05) is 7.11 Å². The number of nitrogens with zero attached hydrogens (tertiary/aromatic N) is 2. The molecule has 0 aliphatic heterocycles. The Balaban J connectivity index is 1.67. The van der Waals surface area contributed by atoms with Crippen LogP contribution in [0.4, 0.5) is 0 Å². The van der Waals surface area contributed by atoms with Gasteiger partial charge in [-0.05, 0) is 30.0 Å². The van der Waals surface area contributed by atoms with E-state index in [0.29, 0.717) is 23.4 Å². The van der Waals surface area contributed by atoms with Crippen molar-refractivity contribution < 1.29 is 14.6 Å². The van der Waals surface area contributed by atoms with Crippen molar-refractivity contribution in [2.24, 2.45) is 0 Å². The van der Waals surface area contributed by atoms with E-state index in [0.717, 1.165) is 12.0 Å². The monoisotopic (exact) mass is 337 g/mol. The number of aliphatic hydroxyl groups excluding tert-OH is 1. The number of aliphatic hydroxyl groups is 1. The second-order valence-electron chi connectivity index (χ2n) is 6.18. The van der Waals surface area contributed by atoms with Gasteiger partial charge in [-0.25, -0.2) is 4.52 Å². The van der Waals surface area contributed by atoms with Crippen LogP contribution in [-0.2, 0) is 6.42 Å². The molecule has 1 aliphatic carbocycles. The zero-order valence-electron chi connectivity index (χ0n) is 13.8. The molecule has 6 heteroatoms. The number of benzene rings is 1. The van der Waals surface area contributed by atoms with E-state index >= 15 is 0 Å². The van der Waals surface area contributed by atoms with Crippen LogP contribution in [-0.4, -0.2) is 33.8 Å². The SMILES string of the molecule is COc1cccc2c(C(=O)N[C@H]3c4ccccc4CC[C@H]3O)cnn12. The quantitative estimate of drug-likeness (QED) is 0.768. The van der Waals surface area contributed by atoms with Gasteiger partial charge in [0, 0.05) is 6.07 Å². The number of fused-ring (bicyclic) bond motifs is 2. The van der Waals surface area contributed by atoms with Crippen LogP contribution < -0.4 is 10.1 Å². The summed E-state index contributed by atoms with van der Waals surface area (Å²) in [6, 6.07) is 12.9. The molecule has 1 aliphatic rings. The molecule has 0 fully saturated rings. The van der Waals surface area contributed by atoms with Gasteiger partial charge in [-0.15, -0.1) is 0 Å². The lowest BCUT2D eigenvalue weighted by molar-refractivity contribution is 0.0793. The normalized spacial score (nSPS) is 19.4. The van der Waals surface area contributed by atoms with Crippen molar-refractivity contribution in [1.29, 1.82) is 0 Å². The molecule has 0 saturated carbocycles. The number of carbonyl (C=O) groups is 1. The Kier molecular flexibility index (Phi) is 3.89. The number of nitrogens with one attached hydrogen (secondary N) is 1. The predicted molar refractivity (Wildman–Crippen MR) is 92.7 cm³/mol. The minimum Gasteiger partial charge on any atom is -0.481 e. The highest BCUT2D eigenvalue weighted by atomic mass is 16.5. The zero-order chi connectivity index (χ0) is 17.4. The van der Waals surface area contributed by atoms with Gasteiger partial charge in [0.05, 0.1) is 36.5 Å². The summed E-state index contributed by atoms with van der Waals surface area (Å²) < 4.78 is 6.85. The fraction of sp³-hybridized carbons (Fsp3) is 0.263. The lowest BCUT2D eigenvalue weighted by atomic mass is 9.85. The molecule has 128 valence electrons.